The van der Waals surface area contributed by atoms with Crippen LogP contribution in [-0.2, 0) is 13.4 Å². The average Bonchev–Trinajstić information content (AvgIpc) is 1.99. The highest BCUT2D eigenvalue weighted by atomic mass is 79.9. The molecule has 0 fully saturated rings. The quantitative estimate of drug-likeness (QED) is 0.731. The molecule has 0 heterocycles. The van der Waals surface area contributed by atoms with Gasteiger partial charge in [0.15, 0.2) is 16.3 Å². The molecule has 0 atom stereocenters. The molecule has 0 unspecified atom stereocenters. The molecule has 0 spiro atoms. The van der Waals surface area contributed by atoms with E-state index < -0.39 is 5.97 Å². The van der Waals surface area contributed by atoms with E-state index in [1.165, 1.54) is 0 Å². The normalized spacial score (nSPS) is 8.60. The molecule has 1 amide bonds. The smallest absolute Gasteiger partial charge is 0.336 e. The summed E-state index contributed by atoms with van der Waals surface area (Å²) in [7, 11) is 0. The predicted molar refractivity (Wildman–Crippen MR) is 38.3 cm³/mol. The number of nitrogens with one attached hydrogen (secondary N) is 1. The van der Waals surface area contributed by atoms with Gasteiger partial charge in [0, 0.05) is 6.42 Å². The Morgan fingerprint density at radius 3 is 2.60 bits per heavy atom. The van der Waals surface area contributed by atoms with Crippen molar-refractivity contribution in [2.45, 2.75) is 13.3 Å². The van der Waals surface area contributed by atoms with E-state index in [2.05, 4.69) is 25.4 Å². The second kappa shape index (κ2) is 5.22. The van der Waals surface area contributed by atoms with Crippen molar-refractivity contribution in [3.8, 4) is 0 Å². The van der Waals surface area contributed by atoms with E-state index in [1.54, 1.807) is 6.92 Å². The van der Waals surface area contributed by atoms with Gasteiger partial charge in [-0.25, -0.2) is 4.79 Å². The maximum absolute atomic E-state index is 10.5. The number of rotatable bonds is 3. The van der Waals surface area contributed by atoms with E-state index >= 15 is 0 Å². The molecule has 0 aliphatic carbocycles. The first-order valence-electron chi connectivity index (χ1n) is 2.78. The van der Waals surface area contributed by atoms with Crippen LogP contribution >= 0.6 is 16.3 Å². The fourth-order valence-corrected chi connectivity index (χ4v) is 0.437. The molecule has 1 N–H and O–H groups in total. The molecule has 0 aromatic carbocycles. The van der Waals surface area contributed by atoms with E-state index in [9.17, 15) is 9.59 Å². The molecule has 0 bridgehead atoms. The van der Waals surface area contributed by atoms with Crippen molar-refractivity contribution in [1.29, 1.82) is 0 Å². The predicted octanol–water partition coefficient (Wildman–Crippen LogP) is 0.366. The van der Waals surface area contributed by atoms with E-state index in [0.717, 1.165) is 0 Å². The summed E-state index contributed by atoms with van der Waals surface area (Å²) in [5, 5.41) is 2.34. The van der Waals surface area contributed by atoms with E-state index in [0.29, 0.717) is 6.42 Å². The molecule has 0 aliphatic heterocycles. The second-order valence-corrected chi connectivity index (χ2v) is 1.90. The highest BCUT2D eigenvalue weighted by Gasteiger charge is 2.02. The van der Waals surface area contributed by atoms with Crippen LogP contribution in [0.2, 0.25) is 0 Å². The molecule has 5 heteroatoms. The summed E-state index contributed by atoms with van der Waals surface area (Å²) < 4.78 is 4.10. The minimum absolute atomic E-state index is 0.0854. The van der Waals surface area contributed by atoms with Gasteiger partial charge in [0.2, 0.25) is 5.91 Å². The minimum Gasteiger partial charge on any atom is -0.382 e. The van der Waals surface area contributed by atoms with Crippen molar-refractivity contribution in [3.63, 3.8) is 0 Å². The fraction of sp³-hybridized carbons (Fsp3) is 0.600. The van der Waals surface area contributed by atoms with Gasteiger partial charge in [-0.05, 0) is 0 Å². The molecule has 0 aromatic rings. The first-order valence-corrected chi connectivity index (χ1v) is 3.43. The van der Waals surface area contributed by atoms with Gasteiger partial charge >= 0.3 is 5.97 Å². The van der Waals surface area contributed by atoms with Crippen LogP contribution in [0.15, 0.2) is 0 Å². The molecule has 0 aromatic heterocycles. The third-order valence-corrected chi connectivity index (χ3v) is 1.20. The van der Waals surface area contributed by atoms with E-state index in [-0.39, 0.29) is 12.5 Å². The Labute approximate surface area is 67.4 Å². The number of amides is 1. The average molecular weight is 210 g/mol. The van der Waals surface area contributed by atoms with Crippen LogP contribution in [0.1, 0.15) is 13.3 Å². The number of hydrogen-bond acceptors (Lipinski definition) is 3. The van der Waals surface area contributed by atoms with Gasteiger partial charge in [-0.3, -0.25) is 4.79 Å². The summed E-state index contributed by atoms with van der Waals surface area (Å²) >= 11 is 2.49. The Hall–Kier alpha value is -0.580. The van der Waals surface area contributed by atoms with Crippen molar-refractivity contribution in [3.05, 3.63) is 0 Å². The van der Waals surface area contributed by atoms with Gasteiger partial charge < -0.3 is 9.15 Å². The number of halogens is 1. The molecule has 0 saturated carbocycles. The van der Waals surface area contributed by atoms with Gasteiger partial charge in [0.25, 0.3) is 0 Å². The Bertz CT molecular complexity index is 121. The van der Waals surface area contributed by atoms with E-state index in [1.807, 2.05) is 0 Å². The Morgan fingerprint density at radius 2 is 2.20 bits per heavy atom. The van der Waals surface area contributed by atoms with Crippen LogP contribution in [0.3, 0.4) is 0 Å². The molecule has 4 nitrogen and oxygen atoms in total. The summed E-state index contributed by atoms with van der Waals surface area (Å²) in [6, 6.07) is 0. The molecular formula is C5H8BrNO3. The lowest BCUT2D eigenvalue weighted by molar-refractivity contribution is -0.133. The van der Waals surface area contributed by atoms with Crippen molar-refractivity contribution in [2.75, 3.05) is 6.54 Å². The lowest BCUT2D eigenvalue weighted by Crippen LogP contribution is -2.28. The van der Waals surface area contributed by atoms with Gasteiger partial charge in [-0.15, -0.1) is 0 Å². The van der Waals surface area contributed by atoms with Crippen LogP contribution < -0.4 is 5.32 Å². The maximum Gasteiger partial charge on any atom is 0.336 e. The first-order chi connectivity index (χ1) is 4.70. The largest absolute Gasteiger partial charge is 0.382 e. The van der Waals surface area contributed by atoms with Crippen molar-refractivity contribution in [1.82, 2.24) is 5.32 Å². The Morgan fingerprint density at radius 1 is 1.60 bits per heavy atom. The third kappa shape index (κ3) is 4.31. The maximum atomic E-state index is 10.5. The second-order valence-electron chi connectivity index (χ2n) is 1.58. The summed E-state index contributed by atoms with van der Waals surface area (Å²) in [5.41, 5.74) is 0. The number of carbonyl (C=O) groups is 2. The number of hydrogen-bond donors (Lipinski definition) is 1. The van der Waals surface area contributed by atoms with Gasteiger partial charge in [0.05, 0.1) is 0 Å². The van der Waals surface area contributed by atoms with Gasteiger partial charge in [-0.1, -0.05) is 6.92 Å². The summed E-state index contributed by atoms with van der Waals surface area (Å²) in [5.74, 6) is -0.681. The topological polar surface area (TPSA) is 55.4 Å². The molecule has 0 radical (unpaired) electrons. The van der Waals surface area contributed by atoms with Gasteiger partial charge in [-0.2, -0.15) is 0 Å². The lowest BCUT2D eigenvalue weighted by atomic mass is 10.4. The van der Waals surface area contributed by atoms with Crippen molar-refractivity contribution >= 4 is 28.1 Å². The first kappa shape index (κ1) is 9.42. The third-order valence-electron chi connectivity index (χ3n) is 0.837. The fourth-order valence-electron chi connectivity index (χ4n) is 0.323. The minimum atomic E-state index is -0.512. The van der Waals surface area contributed by atoms with Crippen molar-refractivity contribution in [2.24, 2.45) is 0 Å². The molecule has 10 heavy (non-hydrogen) atoms. The molecule has 0 aliphatic rings. The van der Waals surface area contributed by atoms with Crippen LogP contribution in [0, 0.1) is 0 Å². The van der Waals surface area contributed by atoms with E-state index in [4.69, 9.17) is 0 Å². The monoisotopic (exact) mass is 209 g/mol. The lowest BCUT2D eigenvalue weighted by Gasteiger charge is -1.98. The van der Waals surface area contributed by atoms with Gasteiger partial charge in [0.1, 0.15) is 6.54 Å². The highest BCUT2D eigenvalue weighted by molar-refractivity contribution is 9.06. The molecule has 58 valence electrons. The van der Waals surface area contributed by atoms with Crippen LogP contribution in [0.4, 0.5) is 0 Å². The summed E-state index contributed by atoms with van der Waals surface area (Å²) in [6.07, 6.45) is 0.371. The van der Waals surface area contributed by atoms with Crippen LogP contribution in [0.5, 0.6) is 0 Å². The Balaban J connectivity index is 3.35. The Kier molecular flexibility index (Phi) is 4.92. The van der Waals surface area contributed by atoms with Crippen LogP contribution in [-0.4, -0.2) is 18.4 Å². The SMILES string of the molecule is CCC(=O)NCC(=O)OBr. The standard InChI is InChI=1S/C5H8BrNO3/c1-2-4(8)7-3-5(9)10-6/h2-3H2,1H3,(H,7,8). The van der Waals surface area contributed by atoms with Crippen LogP contribution in [0.25, 0.3) is 0 Å². The zero-order chi connectivity index (χ0) is 7.98. The zero-order valence-electron chi connectivity index (χ0n) is 5.52. The zero-order valence-corrected chi connectivity index (χ0v) is 7.10. The van der Waals surface area contributed by atoms with Crippen molar-refractivity contribution < 1.29 is 13.4 Å². The summed E-state index contributed by atoms with van der Waals surface area (Å²) in [4.78, 5) is 20.8. The molecule has 0 rings (SSSR count). The molecule has 0 saturated heterocycles. The summed E-state index contributed by atoms with van der Waals surface area (Å²) in [6.45, 7) is 1.62. The number of carbonyl (C=O) groups excluding carboxylic acids is 2. The molecular weight excluding hydrogens is 202 g/mol. The highest BCUT2D eigenvalue weighted by Crippen LogP contribution is 1.84.